The molecule has 1 aliphatic carbocycles. The number of para-hydroxylation sites is 1. The Bertz CT molecular complexity index is 348. The maximum absolute atomic E-state index is 9.91. The normalized spacial score (nSPS) is 30.1. The van der Waals surface area contributed by atoms with E-state index in [4.69, 9.17) is 4.74 Å². The molecule has 0 aliphatic heterocycles. The average molecular weight is 220 g/mol. The predicted molar refractivity (Wildman–Crippen MR) is 64.6 cm³/mol. The molecule has 0 aromatic heterocycles. The van der Waals surface area contributed by atoms with Crippen molar-refractivity contribution in [2.75, 3.05) is 0 Å². The van der Waals surface area contributed by atoms with Crippen molar-refractivity contribution < 1.29 is 9.84 Å². The monoisotopic (exact) mass is 220 g/mol. The summed E-state index contributed by atoms with van der Waals surface area (Å²) in [5, 5.41) is 9.91. The van der Waals surface area contributed by atoms with E-state index in [9.17, 15) is 5.11 Å². The number of hydrogen-bond donors (Lipinski definition) is 1. The van der Waals surface area contributed by atoms with E-state index in [1.165, 1.54) is 0 Å². The Hall–Kier alpha value is -1.02. The van der Waals surface area contributed by atoms with Gasteiger partial charge in [-0.15, -0.1) is 0 Å². The lowest BCUT2D eigenvalue weighted by Crippen LogP contribution is -2.37. The highest BCUT2D eigenvalue weighted by molar-refractivity contribution is 5.32. The van der Waals surface area contributed by atoms with Gasteiger partial charge in [0.05, 0.1) is 6.10 Å². The van der Waals surface area contributed by atoms with Crippen LogP contribution in [-0.2, 0) is 0 Å². The zero-order valence-corrected chi connectivity index (χ0v) is 10.0. The molecule has 1 aliphatic rings. The molecule has 16 heavy (non-hydrogen) atoms. The van der Waals surface area contributed by atoms with Crippen molar-refractivity contribution in [3.05, 3.63) is 29.8 Å². The van der Waals surface area contributed by atoms with Crippen molar-refractivity contribution in [2.45, 2.75) is 45.3 Å². The third-order valence-corrected chi connectivity index (χ3v) is 3.39. The van der Waals surface area contributed by atoms with Crippen molar-refractivity contribution in [3.8, 4) is 5.75 Å². The second-order valence-electron chi connectivity index (χ2n) is 4.91. The van der Waals surface area contributed by atoms with E-state index in [2.05, 4.69) is 6.92 Å². The fraction of sp³-hybridized carbons (Fsp3) is 0.571. The number of aliphatic hydroxyl groups is 1. The zero-order valence-electron chi connectivity index (χ0n) is 10.0. The Morgan fingerprint density at radius 3 is 2.75 bits per heavy atom. The van der Waals surface area contributed by atoms with E-state index in [1.54, 1.807) is 0 Å². The largest absolute Gasteiger partial charge is 0.487 e. The molecule has 2 heteroatoms. The van der Waals surface area contributed by atoms with E-state index >= 15 is 0 Å². The van der Waals surface area contributed by atoms with Crippen LogP contribution in [0.3, 0.4) is 0 Å². The molecule has 0 bridgehead atoms. The van der Waals surface area contributed by atoms with Crippen LogP contribution in [0.5, 0.6) is 5.75 Å². The molecule has 3 atom stereocenters. The van der Waals surface area contributed by atoms with E-state index in [-0.39, 0.29) is 12.2 Å². The summed E-state index contributed by atoms with van der Waals surface area (Å²) in [6.07, 6.45) is 2.57. The van der Waals surface area contributed by atoms with Gasteiger partial charge in [0.15, 0.2) is 0 Å². The van der Waals surface area contributed by atoms with Gasteiger partial charge in [-0.2, -0.15) is 0 Å². The lowest BCUT2D eigenvalue weighted by molar-refractivity contribution is -0.00788. The number of aryl methyl sites for hydroxylation is 1. The van der Waals surface area contributed by atoms with E-state index in [0.717, 1.165) is 30.6 Å². The first kappa shape index (κ1) is 11.5. The van der Waals surface area contributed by atoms with Crippen LogP contribution in [-0.4, -0.2) is 17.3 Å². The summed E-state index contributed by atoms with van der Waals surface area (Å²) >= 11 is 0. The summed E-state index contributed by atoms with van der Waals surface area (Å²) in [6, 6.07) is 7.98. The summed E-state index contributed by atoms with van der Waals surface area (Å²) in [7, 11) is 0. The molecule has 0 amide bonds. The standard InChI is InChI=1S/C14H20O2/c1-10-7-8-12(15)14(9-10)16-13-6-4-3-5-11(13)2/h3-6,10,12,14-15H,7-9H2,1-2H3. The van der Waals surface area contributed by atoms with Gasteiger partial charge in [0, 0.05) is 0 Å². The fourth-order valence-corrected chi connectivity index (χ4v) is 2.29. The minimum Gasteiger partial charge on any atom is -0.487 e. The molecule has 2 nitrogen and oxygen atoms in total. The first-order valence-electron chi connectivity index (χ1n) is 6.07. The van der Waals surface area contributed by atoms with E-state index < -0.39 is 0 Å². The summed E-state index contributed by atoms with van der Waals surface area (Å²) in [6.45, 7) is 4.26. The molecule has 1 N–H and O–H groups in total. The third-order valence-electron chi connectivity index (χ3n) is 3.39. The van der Waals surface area contributed by atoms with Gasteiger partial charge in [0.1, 0.15) is 11.9 Å². The average Bonchev–Trinajstić information content (AvgIpc) is 2.27. The van der Waals surface area contributed by atoms with Crippen molar-refractivity contribution in [1.29, 1.82) is 0 Å². The molecule has 1 fully saturated rings. The van der Waals surface area contributed by atoms with E-state index in [0.29, 0.717) is 5.92 Å². The van der Waals surface area contributed by atoms with Crippen LogP contribution in [0, 0.1) is 12.8 Å². The Balaban J connectivity index is 2.06. The van der Waals surface area contributed by atoms with Gasteiger partial charge in [-0.05, 0) is 43.7 Å². The maximum atomic E-state index is 9.91. The molecule has 3 unspecified atom stereocenters. The second-order valence-corrected chi connectivity index (χ2v) is 4.91. The van der Waals surface area contributed by atoms with Crippen LogP contribution in [0.1, 0.15) is 31.7 Å². The van der Waals surface area contributed by atoms with Gasteiger partial charge in [0.25, 0.3) is 0 Å². The number of aliphatic hydroxyl groups excluding tert-OH is 1. The van der Waals surface area contributed by atoms with Crippen LogP contribution in [0.25, 0.3) is 0 Å². The predicted octanol–water partition coefficient (Wildman–Crippen LogP) is 2.92. The van der Waals surface area contributed by atoms with Gasteiger partial charge in [-0.1, -0.05) is 25.1 Å². The second kappa shape index (κ2) is 4.88. The van der Waals surface area contributed by atoms with Crippen LogP contribution >= 0.6 is 0 Å². The quantitative estimate of drug-likeness (QED) is 0.830. The third kappa shape index (κ3) is 2.56. The molecule has 88 valence electrons. The molecular formula is C14H20O2. The van der Waals surface area contributed by atoms with Crippen molar-refractivity contribution >= 4 is 0 Å². The van der Waals surface area contributed by atoms with Crippen LogP contribution < -0.4 is 4.74 Å². The summed E-state index contributed by atoms with van der Waals surface area (Å²) in [5.41, 5.74) is 1.13. The number of ether oxygens (including phenoxy) is 1. The zero-order chi connectivity index (χ0) is 11.5. The molecule has 0 heterocycles. The van der Waals surface area contributed by atoms with Crippen LogP contribution in [0.4, 0.5) is 0 Å². The first-order chi connectivity index (χ1) is 7.66. The fourth-order valence-electron chi connectivity index (χ4n) is 2.29. The molecule has 0 spiro atoms. The first-order valence-corrected chi connectivity index (χ1v) is 6.07. The topological polar surface area (TPSA) is 29.5 Å². The van der Waals surface area contributed by atoms with Gasteiger partial charge in [0.2, 0.25) is 0 Å². The molecule has 0 saturated heterocycles. The summed E-state index contributed by atoms with van der Waals surface area (Å²) in [4.78, 5) is 0. The molecule has 1 saturated carbocycles. The summed E-state index contributed by atoms with van der Waals surface area (Å²) in [5.74, 6) is 1.55. The number of hydrogen-bond acceptors (Lipinski definition) is 2. The SMILES string of the molecule is Cc1ccccc1OC1CC(C)CCC1O. The molecule has 0 radical (unpaired) electrons. The van der Waals surface area contributed by atoms with Gasteiger partial charge in [-0.25, -0.2) is 0 Å². The highest BCUT2D eigenvalue weighted by Crippen LogP contribution is 2.28. The number of rotatable bonds is 2. The van der Waals surface area contributed by atoms with Crippen LogP contribution in [0.15, 0.2) is 24.3 Å². The Morgan fingerprint density at radius 2 is 2.00 bits per heavy atom. The molecular weight excluding hydrogens is 200 g/mol. The van der Waals surface area contributed by atoms with Gasteiger partial charge < -0.3 is 9.84 Å². The minimum absolute atomic E-state index is 0.0372. The number of benzene rings is 1. The molecule has 2 rings (SSSR count). The van der Waals surface area contributed by atoms with Gasteiger partial charge in [-0.3, -0.25) is 0 Å². The highest BCUT2D eigenvalue weighted by Gasteiger charge is 2.28. The van der Waals surface area contributed by atoms with Crippen LogP contribution in [0.2, 0.25) is 0 Å². The van der Waals surface area contributed by atoms with Crippen molar-refractivity contribution in [2.24, 2.45) is 5.92 Å². The van der Waals surface area contributed by atoms with Gasteiger partial charge >= 0.3 is 0 Å². The lowest BCUT2D eigenvalue weighted by Gasteiger charge is -2.32. The minimum atomic E-state index is -0.309. The Labute approximate surface area is 97.3 Å². The van der Waals surface area contributed by atoms with Crippen molar-refractivity contribution in [1.82, 2.24) is 0 Å². The summed E-state index contributed by atoms with van der Waals surface area (Å²) < 4.78 is 5.92. The van der Waals surface area contributed by atoms with E-state index in [1.807, 2.05) is 31.2 Å². The lowest BCUT2D eigenvalue weighted by atomic mass is 9.86. The Kier molecular flexibility index (Phi) is 3.49. The molecule has 1 aromatic rings. The van der Waals surface area contributed by atoms with Crippen molar-refractivity contribution in [3.63, 3.8) is 0 Å². The maximum Gasteiger partial charge on any atom is 0.125 e. The molecule has 1 aromatic carbocycles. The smallest absolute Gasteiger partial charge is 0.125 e. The highest BCUT2D eigenvalue weighted by atomic mass is 16.5. The Morgan fingerprint density at radius 1 is 1.25 bits per heavy atom.